The molecule has 1 aliphatic rings. The van der Waals surface area contributed by atoms with Crippen LogP contribution in [0.15, 0.2) is 17.0 Å². The summed E-state index contributed by atoms with van der Waals surface area (Å²) in [5.41, 5.74) is 8.62. The lowest BCUT2D eigenvalue weighted by Crippen LogP contribution is -2.19. The standard InChI is InChI=1S/C12H16N2O2S/c1-7(6-15)17-11-5-10-8(4-9(11)13)2-3-12(16)14-10/h4-5,7,15H,2-3,6,13H2,1H3,(H,14,16). The Labute approximate surface area is 105 Å². The first-order chi connectivity index (χ1) is 8.10. The molecule has 0 spiro atoms. The highest BCUT2D eigenvalue weighted by atomic mass is 32.2. The van der Waals surface area contributed by atoms with E-state index in [4.69, 9.17) is 10.8 Å². The van der Waals surface area contributed by atoms with Crippen molar-refractivity contribution in [2.75, 3.05) is 17.7 Å². The molecule has 92 valence electrons. The van der Waals surface area contributed by atoms with E-state index in [9.17, 15) is 4.79 Å². The first kappa shape index (κ1) is 12.3. The summed E-state index contributed by atoms with van der Waals surface area (Å²) in [5.74, 6) is 0.0495. The minimum Gasteiger partial charge on any atom is -0.398 e. The predicted molar refractivity (Wildman–Crippen MR) is 70.2 cm³/mol. The lowest BCUT2D eigenvalue weighted by atomic mass is 10.0. The molecule has 1 heterocycles. The Bertz CT molecular complexity index is 448. The van der Waals surface area contributed by atoms with Crippen molar-refractivity contribution in [3.63, 3.8) is 0 Å². The fraction of sp³-hybridized carbons (Fsp3) is 0.417. The predicted octanol–water partition coefficient (Wildman–Crippen LogP) is 1.63. The van der Waals surface area contributed by atoms with Gasteiger partial charge in [0.1, 0.15) is 0 Å². The maximum Gasteiger partial charge on any atom is 0.224 e. The molecule has 0 aliphatic carbocycles. The number of carbonyl (C=O) groups excluding carboxylic acids is 1. The van der Waals surface area contributed by atoms with Crippen LogP contribution in [0.4, 0.5) is 11.4 Å². The van der Waals surface area contributed by atoms with E-state index < -0.39 is 0 Å². The average molecular weight is 252 g/mol. The minimum absolute atomic E-state index is 0.0495. The van der Waals surface area contributed by atoms with Gasteiger partial charge in [0, 0.05) is 27.9 Å². The van der Waals surface area contributed by atoms with Gasteiger partial charge in [-0.05, 0) is 24.1 Å². The highest BCUT2D eigenvalue weighted by molar-refractivity contribution is 8.00. The van der Waals surface area contributed by atoms with Gasteiger partial charge in [0.2, 0.25) is 5.91 Å². The summed E-state index contributed by atoms with van der Waals surface area (Å²) < 4.78 is 0. The molecule has 0 saturated heterocycles. The highest BCUT2D eigenvalue weighted by Gasteiger charge is 2.17. The van der Waals surface area contributed by atoms with Crippen molar-refractivity contribution in [1.29, 1.82) is 0 Å². The van der Waals surface area contributed by atoms with Gasteiger partial charge in [-0.2, -0.15) is 0 Å². The fourth-order valence-corrected chi connectivity index (χ4v) is 2.67. The van der Waals surface area contributed by atoms with Crippen LogP contribution < -0.4 is 11.1 Å². The number of nitrogens with two attached hydrogens (primary N) is 1. The number of carbonyl (C=O) groups is 1. The molecule has 1 atom stereocenters. The SMILES string of the molecule is CC(CO)Sc1cc2c(cc1N)CCC(=O)N2. The molecule has 1 aliphatic heterocycles. The quantitative estimate of drug-likeness (QED) is 0.564. The molecule has 0 bridgehead atoms. The maximum absolute atomic E-state index is 11.3. The second-order valence-electron chi connectivity index (χ2n) is 4.21. The van der Waals surface area contributed by atoms with Crippen LogP contribution in [0.2, 0.25) is 0 Å². The molecule has 1 aromatic carbocycles. The molecular weight excluding hydrogens is 236 g/mol. The van der Waals surface area contributed by atoms with E-state index in [0.29, 0.717) is 12.1 Å². The fourth-order valence-electron chi connectivity index (χ4n) is 1.78. The third kappa shape index (κ3) is 2.73. The number of thioether (sulfide) groups is 1. The van der Waals surface area contributed by atoms with Crippen molar-refractivity contribution in [3.8, 4) is 0 Å². The molecule has 4 nitrogen and oxygen atoms in total. The second kappa shape index (κ2) is 4.98. The first-order valence-electron chi connectivity index (χ1n) is 5.60. The van der Waals surface area contributed by atoms with E-state index in [-0.39, 0.29) is 17.8 Å². The van der Waals surface area contributed by atoms with Crippen molar-refractivity contribution >= 4 is 29.0 Å². The molecule has 1 aromatic rings. The Balaban J connectivity index is 2.29. The number of aryl methyl sites for hydroxylation is 1. The summed E-state index contributed by atoms with van der Waals surface area (Å²) >= 11 is 1.52. The number of nitrogens with one attached hydrogen (secondary N) is 1. The van der Waals surface area contributed by atoms with Crippen LogP contribution in [-0.2, 0) is 11.2 Å². The zero-order valence-electron chi connectivity index (χ0n) is 9.69. The number of hydrogen-bond acceptors (Lipinski definition) is 4. The molecule has 0 aromatic heterocycles. The van der Waals surface area contributed by atoms with Crippen molar-refractivity contribution < 1.29 is 9.90 Å². The van der Waals surface area contributed by atoms with Crippen LogP contribution in [0.1, 0.15) is 18.9 Å². The lowest BCUT2D eigenvalue weighted by Gasteiger charge is -2.19. The largest absolute Gasteiger partial charge is 0.398 e. The lowest BCUT2D eigenvalue weighted by molar-refractivity contribution is -0.116. The number of nitrogen functional groups attached to an aromatic ring is 1. The molecule has 5 heteroatoms. The zero-order valence-corrected chi connectivity index (χ0v) is 10.5. The number of amides is 1. The van der Waals surface area contributed by atoms with Gasteiger partial charge >= 0.3 is 0 Å². The summed E-state index contributed by atoms with van der Waals surface area (Å²) in [4.78, 5) is 12.2. The first-order valence-corrected chi connectivity index (χ1v) is 6.48. The van der Waals surface area contributed by atoms with Crippen LogP contribution in [0, 0.1) is 0 Å². The van der Waals surface area contributed by atoms with Crippen LogP contribution in [0.3, 0.4) is 0 Å². The van der Waals surface area contributed by atoms with E-state index in [1.807, 2.05) is 19.1 Å². The van der Waals surface area contributed by atoms with Gasteiger partial charge in [-0.25, -0.2) is 0 Å². The van der Waals surface area contributed by atoms with Gasteiger partial charge in [0.25, 0.3) is 0 Å². The van der Waals surface area contributed by atoms with E-state index in [0.717, 1.165) is 22.6 Å². The van der Waals surface area contributed by atoms with Crippen LogP contribution in [0.5, 0.6) is 0 Å². The molecule has 0 radical (unpaired) electrons. The molecule has 0 fully saturated rings. The molecule has 0 saturated carbocycles. The van der Waals surface area contributed by atoms with E-state index in [1.54, 1.807) is 0 Å². The van der Waals surface area contributed by atoms with Crippen molar-refractivity contribution in [1.82, 2.24) is 0 Å². The Hall–Kier alpha value is -1.20. The summed E-state index contributed by atoms with van der Waals surface area (Å²) in [6.07, 6.45) is 1.26. The number of fused-ring (bicyclic) bond motifs is 1. The van der Waals surface area contributed by atoms with Crippen molar-refractivity contribution in [3.05, 3.63) is 17.7 Å². The maximum atomic E-state index is 11.3. The monoisotopic (exact) mass is 252 g/mol. The number of aliphatic hydroxyl groups excluding tert-OH is 1. The van der Waals surface area contributed by atoms with Crippen LogP contribution in [0.25, 0.3) is 0 Å². The van der Waals surface area contributed by atoms with Gasteiger partial charge in [-0.1, -0.05) is 6.92 Å². The molecule has 2 rings (SSSR count). The Morgan fingerprint density at radius 3 is 3.00 bits per heavy atom. The Morgan fingerprint density at radius 2 is 2.29 bits per heavy atom. The third-order valence-corrected chi connectivity index (χ3v) is 3.88. The summed E-state index contributed by atoms with van der Waals surface area (Å²) in [6, 6.07) is 3.82. The molecule has 17 heavy (non-hydrogen) atoms. The molecule has 1 unspecified atom stereocenters. The van der Waals surface area contributed by atoms with Crippen molar-refractivity contribution in [2.24, 2.45) is 0 Å². The second-order valence-corrected chi connectivity index (χ2v) is 5.69. The zero-order chi connectivity index (χ0) is 12.4. The van der Waals surface area contributed by atoms with Crippen LogP contribution >= 0.6 is 11.8 Å². The molecule has 1 amide bonds. The average Bonchev–Trinajstić information content (AvgIpc) is 2.30. The van der Waals surface area contributed by atoms with E-state index in [1.165, 1.54) is 11.8 Å². The third-order valence-electron chi connectivity index (χ3n) is 2.72. The topological polar surface area (TPSA) is 75.3 Å². The smallest absolute Gasteiger partial charge is 0.224 e. The van der Waals surface area contributed by atoms with Gasteiger partial charge in [-0.3, -0.25) is 4.79 Å². The summed E-state index contributed by atoms with van der Waals surface area (Å²) in [7, 11) is 0. The number of rotatable bonds is 3. The Kier molecular flexibility index (Phi) is 3.59. The number of benzene rings is 1. The van der Waals surface area contributed by atoms with Crippen molar-refractivity contribution in [2.45, 2.75) is 29.9 Å². The van der Waals surface area contributed by atoms with Gasteiger partial charge in [-0.15, -0.1) is 11.8 Å². The Morgan fingerprint density at radius 1 is 1.53 bits per heavy atom. The van der Waals surface area contributed by atoms with Gasteiger partial charge in [0.15, 0.2) is 0 Å². The normalized spacial score (nSPS) is 16.2. The van der Waals surface area contributed by atoms with E-state index >= 15 is 0 Å². The summed E-state index contributed by atoms with van der Waals surface area (Å²) in [5, 5.41) is 12.0. The molecule has 4 N–H and O–H groups in total. The summed E-state index contributed by atoms with van der Waals surface area (Å²) in [6.45, 7) is 2.04. The number of hydrogen-bond donors (Lipinski definition) is 3. The van der Waals surface area contributed by atoms with Crippen LogP contribution in [-0.4, -0.2) is 22.9 Å². The minimum atomic E-state index is 0.0495. The van der Waals surface area contributed by atoms with Gasteiger partial charge in [0.05, 0.1) is 6.61 Å². The number of aliphatic hydroxyl groups is 1. The van der Waals surface area contributed by atoms with Gasteiger partial charge < -0.3 is 16.2 Å². The molecular formula is C12H16N2O2S. The highest BCUT2D eigenvalue weighted by Crippen LogP contribution is 2.35. The number of anilines is 2. The van der Waals surface area contributed by atoms with E-state index in [2.05, 4.69) is 5.32 Å².